The summed E-state index contributed by atoms with van der Waals surface area (Å²) in [7, 11) is -9.63. The molecular weight excluding hydrogens is 1480 g/mol. The second-order valence-electron chi connectivity index (χ2n) is 31.8. The molecule has 0 saturated heterocycles. The third-order valence-electron chi connectivity index (χ3n) is 21.6. The molecule has 0 N–H and O–H groups in total. The van der Waals surface area contributed by atoms with E-state index in [4.69, 9.17) is 18.9 Å². The van der Waals surface area contributed by atoms with Gasteiger partial charge in [-0.1, -0.05) is 384 Å². The minimum atomic E-state index is -4.82. The Balaban J connectivity index is 0.00000220. The maximum atomic E-state index is 12.9. The van der Waals surface area contributed by atoms with Crippen molar-refractivity contribution in [3.63, 3.8) is 0 Å². The quantitative estimate of drug-likeness (QED) is 0.0150. The largest absolute Gasteiger partial charge is 2.00 e. The molecule has 0 heterocycles. The SMILES string of the molecule is C=CCCCCCCCCCCCCCCCCCCOC(=O)c1ccc(S(=O)(=O)[O-])cc1C(=O)OCCCCCCCCCCCCCCCCCCC=C.C=CCCCCCCCCCCCCCCCCCCOC(=O)c1ccc(S(=O)(=O)[O-])cc1C(=O)OCCCCCCCCCCCCCCCCCCC=C.[Ca+2]. The number of carbonyl (C=O) groups is 4. The molecule has 2 aromatic carbocycles. The number of unbranched alkanes of at least 4 members (excludes halogenated alkanes) is 64. The molecule has 2 rings (SSSR count). The molecule has 2 aromatic rings. The van der Waals surface area contributed by atoms with Crippen LogP contribution in [0.25, 0.3) is 0 Å². The molecule has 0 unspecified atom stereocenters. The minimum absolute atomic E-state index is 0. The van der Waals surface area contributed by atoms with Crippen LogP contribution in [0.4, 0.5) is 0 Å². The van der Waals surface area contributed by atoms with Gasteiger partial charge in [0.05, 0.1) is 58.5 Å². The Kier molecular flexibility index (Phi) is 78.2. The molecule has 17 heteroatoms. The normalized spacial score (nSPS) is 11.3. The Morgan fingerprint density at radius 2 is 0.363 bits per heavy atom. The number of allylic oxidation sites excluding steroid dienone is 4. The molecule has 0 aliphatic carbocycles. The summed E-state index contributed by atoms with van der Waals surface area (Å²) >= 11 is 0. The molecule has 113 heavy (non-hydrogen) atoms. The summed E-state index contributed by atoms with van der Waals surface area (Å²) < 4.78 is 91.7. The number of esters is 4. The molecule has 0 aromatic heterocycles. The Hall–Kier alpha value is -3.64. The van der Waals surface area contributed by atoms with Gasteiger partial charge < -0.3 is 28.1 Å². The molecule has 0 radical (unpaired) electrons. The van der Waals surface area contributed by atoms with Crippen LogP contribution in [0.5, 0.6) is 0 Å². The van der Waals surface area contributed by atoms with Gasteiger partial charge in [-0.15, -0.1) is 26.3 Å². The fourth-order valence-corrected chi connectivity index (χ4v) is 15.5. The van der Waals surface area contributed by atoms with E-state index in [1.165, 1.54) is 333 Å². The van der Waals surface area contributed by atoms with Gasteiger partial charge in [-0.3, -0.25) is 0 Å². The molecule has 0 amide bonds. The van der Waals surface area contributed by atoms with Gasteiger partial charge >= 0.3 is 61.6 Å². The zero-order valence-electron chi connectivity index (χ0n) is 71.8. The van der Waals surface area contributed by atoms with E-state index in [-0.39, 0.29) is 86.4 Å². The van der Waals surface area contributed by atoms with Gasteiger partial charge in [0.2, 0.25) is 0 Å². The summed E-state index contributed by atoms with van der Waals surface area (Å²) in [5.41, 5.74) is -0.671. The maximum absolute atomic E-state index is 12.9. The van der Waals surface area contributed by atoms with Crippen LogP contribution < -0.4 is 0 Å². The molecule has 644 valence electrons. The van der Waals surface area contributed by atoms with Crippen molar-refractivity contribution in [1.29, 1.82) is 0 Å². The van der Waals surface area contributed by atoms with Gasteiger partial charge in [-0.05, 0) is 113 Å². The number of ether oxygens (including phenoxy) is 4. The van der Waals surface area contributed by atoms with Crippen LogP contribution in [0.2, 0.25) is 0 Å². The number of hydrogen-bond donors (Lipinski definition) is 0. The van der Waals surface area contributed by atoms with E-state index in [0.29, 0.717) is 25.7 Å². The first kappa shape index (κ1) is 109. The molecule has 0 fully saturated rings. The van der Waals surface area contributed by atoms with E-state index in [1.807, 2.05) is 24.3 Å². The van der Waals surface area contributed by atoms with Crippen LogP contribution >= 0.6 is 0 Å². The topological polar surface area (TPSA) is 220 Å². The van der Waals surface area contributed by atoms with Crippen molar-refractivity contribution in [3.05, 3.63) is 109 Å². The second-order valence-corrected chi connectivity index (χ2v) is 34.6. The molecule has 0 spiro atoms. The van der Waals surface area contributed by atoms with Crippen molar-refractivity contribution < 1.29 is 64.1 Å². The van der Waals surface area contributed by atoms with Gasteiger partial charge in [0, 0.05) is 0 Å². The van der Waals surface area contributed by atoms with Crippen LogP contribution in [0.15, 0.2) is 96.8 Å². The third kappa shape index (κ3) is 67.9. The predicted octanol–water partition coefficient (Wildman–Crippen LogP) is 28.7. The molecule has 0 aliphatic rings. The van der Waals surface area contributed by atoms with Gasteiger partial charge in [0.1, 0.15) is 20.2 Å². The first-order chi connectivity index (χ1) is 54.6. The zero-order valence-corrected chi connectivity index (χ0v) is 75.6. The number of hydrogen-bond acceptors (Lipinski definition) is 14. The zero-order chi connectivity index (χ0) is 81.6. The minimum Gasteiger partial charge on any atom is -0.744 e. The Morgan fingerprint density at radius 1 is 0.230 bits per heavy atom. The Morgan fingerprint density at radius 3 is 0.504 bits per heavy atom. The van der Waals surface area contributed by atoms with Crippen molar-refractivity contribution >= 4 is 81.9 Å². The van der Waals surface area contributed by atoms with Crippen LogP contribution in [0.1, 0.15) is 478 Å². The predicted molar refractivity (Wildman–Crippen MR) is 470 cm³/mol. The van der Waals surface area contributed by atoms with Gasteiger partial charge in [0.15, 0.2) is 0 Å². The van der Waals surface area contributed by atoms with Crippen molar-refractivity contribution in [1.82, 2.24) is 0 Å². The molecule has 0 saturated carbocycles. The summed E-state index contributed by atoms with van der Waals surface area (Å²) in [6, 6.07) is 6.29. The molecule has 0 aliphatic heterocycles. The second kappa shape index (κ2) is 80.8. The summed E-state index contributed by atoms with van der Waals surface area (Å²) in [5.74, 6) is -3.09. The standard InChI is InChI=1S/2C48H82O7S.Ca/c2*1-3-5-7-9-11-13-15-17-19-21-23-25-27-29-31-33-35-37-41-54-47(49)45-40-39-44(56(51,52)53)43-46(45)48(50)55-42-38-36-34-32-30-28-26-24-22-20-18-16-14-12-10-8-6-4-2;/h2*3-4,39-40,43H,1-2,5-38,41-42H2,(H,51,52,53);/q;;+2/p-2. The van der Waals surface area contributed by atoms with Crippen molar-refractivity contribution in [2.45, 2.75) is 446 Å². The fourth-order valence-electron chi connectivity index (χ4n) is 14.5. The van der Waals surface area contributed by atoms with Crippen LogP contribution in [-0.2, 0) is 39.2 Å². The summed E-state index contributed by atoms with van der Waals surface area (Å²) in [6.45, 7) is 15.9. The number of benzene rings is 2. The van der Waals surface area contributed by atoms with Crippen molar-refractivity contribution in [2.24, 2.45) is 0 Å². The van der Waals surface area contributed by atoms with Crippen LogP contribution in [0, 0.1) is 0 Å². The van der Waals surface area contributed by atoms with E-state index in [1.54, 1.807) is 0 Å². The van der Waals surface area contributed by atoms with E-state index >= 15 is 0 Å². The monoisotopic (exact) mass is 1640 g/mol. The number of rotatable bonds is 82. The van der Waals surface area contributed by atoms with E-state index in [9.17, 15) is 45.1 Å². The van der Waals surface area contributed by atoms with Crippen LogP contribution in [-0.4, -0.2) is 114 Å². The Labute approximate surface area is 722 Å². The van der Waals surface area contributed by atoms with Gasteiger partial charge in [-0.25, -0.2) is 36.0 Å². The average Bonchev–Trinajstić information content (AvgIpc) is 0.814. The Bertz CT molecular complexity index is 2680. The first-order valence-electron chi connectivity index (χ1n) is 45.9. The molecule has 0 atom stereocenters. The molecule has 14 nitrogen and oxygen atoms in total. The maximum Gasteiger partial charge on any atom is 2.00 e. The van der Waals surface area contributed by atoms with Crippen molar-refractivity contribution in [2.75, 3.05) is 26.4 Å². The average molecular weight is 1640 g/mol. The van der Waals surface area contributed by atoms with E-state index in [0.717, 1.165) is 114 Å². The van der Waals surface area contributed by atoms with Crippen molar-refractivity contribution in [3.8, 4) is 0 Å². The molecular formula is C96H162CaO14S2. The third-order valence-corrected chi connectivity index (χ3v) is 23.2. The van der Waals surface area contributed by atoms with Gasteiger partial charge in [0.25, 0.3) is 0 Å². The van der Waals surface area contributed by atoms with Gasteiger partial charge in [-0.2, -0.15) is 0 Å². The van der Waals surface area contributed by atoms with E-state index < -0.39 is 53.9 Å². The fraction of sp³-hybridized carbons (Fsp3) is 0.750. The van der Waals surface area contributed by atoms with E-state index in [2.05, 4.69) is 26.3 Å². The molecule has 0 bridgehead atoms. The smallest absolute Gasteiger partial charge is 0.744 e. The van der Waals surface area contributed by atoms with Crippen LogP contribution in [0.3, 0.4) is 0 Å². The summed E-state index contributed by atoms with van der Waals surface area (Å²) in [4.78, 5) is 50.5. The number of carbonyl (C=O) groups excluding carboxylic acids is 4. The summed E-state index contributed by atoms with van der Waals surface area (Å²) in [6.07, 6.45) is 91.5. The summed E-state index contributed by atoms with van der Waals surface area (Å²) in [5, 5.41) is 0. The first-order valence-corrected chi connectivity index (χ1v) is 48.8.